The van der Waals surface area contributed by atoms with Gasteiger partial charge in [0.2, 0.25) is 0 Å². The lowest BCUT2D eigenvalue weighted by atomic mass is 10.1. The molecule has 1 aliphatic rings. The monoisotopic (exact) mass is 211 g/mol. The molecule has 0 unspecified atom stereocenters. The first-order valence-electron chi connectivity index (χ1n) is 5.52. The summed E-state index contributed by atoms with van der Waals surface area (Å²) >= 11 is 0. The highest BCUT2D eigenvalue weighted by molar-refractivity contribution is 5.73. The summed E-state index contributed by atoms with van der Waals surface area (Å²) in [7, 11) is 0. The molecule has 1 fully saturated rings. The summed E-state index contributed by atoms with van der Waals surface area (Å²) in [4.78, 5) is 8.88. The third kappa shape index (κ3) is 1.65. The zero-order valence-corrected chi connectivity index (χ0v) is 8.93. The summed E-state index contributed by atoms with van der Waals surface area (Å²) < 4.78 is 0. The molecule has 2 N–H and O–H groups in total. The van der Waals surface area contributed by atoms with Gasteiger partial charge in [-0.2, -0.15) is 0 Å². The molecule has 0 radical (unpaired) electrons. The molecule has 1 aromatic heterocycles. The summed E-state index contributed by atoms with van der Waals surface area (Å²) in [5.74, 6) is 1.53. The number of aromatic nitrogens is 2. The van der Waals surface area contributed by atoms with Gasteiger partial charge in [-0.05, 0) is 25.0 Å². The first-order valence-corrected chi connectivity index (χ1v) is 5.52. The summed E-state index contributed by atoms with van der Waals surface area (Å²) in [6, 6.07) is 9.71. The van der Waals surface area contributed by atoms with Crippen molar-refractivity contribution in [2.24, 2.45) is 0 Å². The Morgan fingerprint density at radius 1 is 1.12 bits per heavy atom. The molecule has 0 bridgehead atoms. The predicted octanol–water partition coefficient (Wildman–Crippen LogP) is 2.60. The second-order valence-electron chi connectivity index (χ2n) is 4.16. The van der Waals surface area contributed by atoms with Crippen LogP contribution in [-0.4, -0.2) is 9.97 Å². The van der Waals surface area contributed by atoms with Crippen LogP contribution in [0.4, 0.5) is 5.69 Å². The molecule has 2 aromatic rings. The zero-order chi connectivity index (χ0) is 11.0. The molecule has 0 saturated heterocycles. The summed E-state index contributed by atoms with van der Waals surface area (Å²) in [5, 5.41) is 0. The van der Waals surface area contributed by atoms with Crippen LogP contribution in [0.15, 0.2) is 36.5 Å². The van der Waals surface area contributed by atoms with Gasteiger partial charge in [-0.15, -0.1) is 0 Å². The van der Waals surface area contributed by atoms with Crippen LogP contribution in [0.1, 0.15) is 24.6 Å². The minimum atomic E-state index is 0.574. The van der Waals surface area contributed by atoms with Gasteiger partial charge >= 0.3 is 0 Å². The first-order chi connectivity index (χ1) is 7.84. The van der Waals surface area contributed by atoms with E-state index < -0.39 is 0 Å². The van der Waals surface area contributed by atoms with E-state index in [0.29, 0.717) is 5.92 Å². The van der Waals surface area contributed by atoms with Gasteiger partial charge in [-0.1, -0.05) is 18.2 Å². The number of benzene rings is 1. The minimum absolute atomic E-state index is 0.574. The van der Waals surface area contributed by atoms with Crippen LogP contribution in [0, 0.1) is 0 Å². The maximum atomic E-state index is 5.93. The van der Waals surface area contributed by atoms with Crippen LogP contribution in [0.3, 0.4) is 0 Å². The van der Waals surface area contributed by atoms with E-state index in [1.165, 1.54) is 12.8 Å². The van der Waals surface area contributed by atoms with E-state index in [1.807, 2.05) is 36.5 Å². The van der Waals surface area contributed by atoms with E-state index in [4.69, 9.17) is 5.73 Å². The highest BCUT2D eigenvalue weighted by Crippen LogP contribution is 2.38. The lowest BCUT2D eigenvalue weighted by Crippen LogP contribution is -1.96. The number of hydrogen-bond donors (Lipinski definition) is 1. The van der Waals surface area contributed by atoms with Crippen LogP contribution < -0.4 is 5.73 Å². The van der Waals surface area contributed by atoms with Crippen molar-refractivity contribution in [1.29, 1.82) is 0 Å². The highest BCUT2D eigenvalue weighted by Gasteiger charge is 2.26. The van der Waals surface area contributed by atoms with Crippen molar-refractivity contribution in [3.8, 4) is 11.3 Å². The van der Waals surface area contributed by atoms with Crippen molar-refractivity contribution in [3.63, 3.8) is 0 Å². The summed E-state index contributed by atoms with van der Waals surface area (Å²) in [5.41, 5.74) is 8.62. The van der Waals surface area contributed by atoms with Gasteiger partial charge < -0.3 is 5.73 Å². The van der Waals surface area contributed by atoms with Crippen molar-refractivity contribution in [2.45, 2.75) is 18.8 Å². The standard InChI is InChI=1S/C13H13N3/c14-11-4-2-1-3-10(11)12-7-8-15-13(16-12)9-5-6-9/h1-4,7-9H,5-6,14H2. The Morgan fingerprint density at radius 3 is 2.69 bits per heavy atom. The topological polar surface area (TPSA) is 51.8 Å². The Kier molecular flexibility index (Phi) is 2.10. The van der Waals surface area contributed by atoms with Crippen LogP contribution in [0.2, 0.25) is 0 Å². The van der Waals surface area contributed by atoms with E-state index in [-0.39, 0.29) is 0 Å². The Hall–Kier alpha value is -1.90. The Bertz CT molecular complexity index is 518. The predicted molar refractivity (Wildman–Crippen MR) is 63.9 cm³/mol. The minimum Gasteiger partial charge on any atom is -0.398 e. The van der Waals surface area contributed by atoms with E-state index in [1.54, 1.807) is 0 Å². The Balaban J connectivity index is 2.05. The Labute approximate surface area is 94.4 Å². The van der Waals surface area contributed by atoms with E-state index in [9.17, 15) is 0 Å². The smallest absolute Gasteiger partial charge is 0.132 e. The lowest BCUT2D eigenvalue weighted by molar-refractivity contribution is 0.930. The first kappa shape index (κ1) is 9.33. The second-order valence-corrected chi connectivity index (χ2v) is 4.16. The summed E-state index contributed by atoms with van der Waals surface area (Å²) in [6.45, 7) is 0. The number of anilines is 1. The quantitative estimate of drug-likeness (QED) is 0.777. The van der Waals surface area contributed by atoms with Crippen molar-refractivity contribution < 1.29 is 0 Å². The van der Waals surface area contributed by atoms with Gasteiger partial charge in [0, 0.05) is 23.4 Å². The molecular formula is C13H13N3. The molecule has 0 aliphatic heterocycles. The third-order valence-corrected chi connectivity index (χ3v) is 2.85. The molecule has 0 atom stereocenters. The molecule has 0 spiro atoms. The lowest BCUT2D eigenvalue weighted by Gasteiger charge is -2.05. The van der Waals surface area contributed by atoms with Crippen LogP contribution in [0.25, 0.3) is 11.3 Å². The zero-order valence-electron chi connectivity index (χ0n) is 8.93. The maximum absolute atomic E-state index is 5.93. The average Bonchev–Trinajstić information content (AvgIpc) is 3.14. The van der Waals surface area contributed by atoms with Gasteiger partial charge in [0.1, 0.15) is 5.82 Å². The van der Waals surface area contributed by atoms with E-state index >= 15 is 0 Å². The normalized spacial score (nSPS) is 15.0. The molecule has 1 aliphatic carbocycles. The van der Waals surface area contributed by atoms with Crippen LogP contribution in [0.5, 0.6) is 0 Å². The Morgan fingerprint density at radius 2 is 1.94 bits per heavy atom. The van der Waals surface area contributed by atoms with Gasteiger partial charge in [-0.25, -0.2) is 9.97 Å². The van der Waals surface area contributed by atoms with Gasteiger partial charge in [0.25, 0.3) is 0 Å². The number of nitrogen functional groups attached to an aromatic ring is 1. The largest absolute Gasteiger partial charge is 0.398 e. The van der Waals surface area contributed by atoms with Crippen molar-refractivity contribution >= 4 is 5.69 Å². The molecule has 80 valence electrons. The van der Waals surface area contributed by atoms with E-state index in [2.05, 4.69) is 9.97 Å². The summed E-state index contributed by atoms with van der Waals surface area (Å²) in [6.07, 6.45) is 4.25. The number of rotatable bonds is 2. The van der Waals surface area contributed by atoms with Crippen molar-refractivity contribution in [3.05, 3.63) is 42.4 Å². The molecule has 0 amide bonds. The molecule has 1 heterocycles. The molecule has 3 nitrogen and oxygen atoms in total. The molecule has 3 rings (SSSR count). The van der Waals surface area contributed by atoms with Crippen molar-refractivity contribution in [1.82, 2.24) is 9.97 Å². The van der Waals surface area contributed by atoms with Crippen LogP contribution >= 0.6 is 0 Å². The number of para-hydroxylation sites is 1. The van der Waals surface area contributed by atoms with Gasteiger partial charge in [0.05, 0.1) is 5.69 Å². The van der Waals surface area contributed by atoms with Gasteiger partial charge in [-0.3, -0.25) is 0 Å². The maximum Gasteiger partial charge on any atom is 0.132 e. The second kappa shape index (κ2) is 3.59. The molecule has 3 heteroatoms. The average molecular weight is 211 g/mol. The van der Waals surface area contributed by atoms with Gasteiger partial charge in [0.15, 0.2) is 0 Å². The highest BCUT2D eigenvalue weighted by atomic mass is 14.9. The molecule has 16 heavy (non-hydrogen) atoms. The molecular weight excluding hydrogens is 198 g/mol. The number of hydrogen-bond acceptors (Lipinski definition) is 3. The number of nitrogens with two attached hydrogens (primary N) is 1. The molecule has 1 saturated carbocycles. The fraction of sp³-hybridized carbons (Fsp3) is 0.231. The molecule has 1 aromatic carbocycles. The van der Waals surface area contributed by atoms with E-state index in [0.717, 1.165) is 22.8 Å². The number of nitrogens with zero attached hydrogens (tertiary/aromatic N) is 2. The van der Waals surface area contributed by atoms with Crippen molar-refractivity contribution in [2.75, 3.05) is 5.73 Å². The fourth-order valence-corrected chi connectivity index (χ4v) is 1.79. The SMILES string of the molecule is Nc1ccccc1-c1ccnc(C2CC2)n1. The fourth-order valence-electron chi connectivity index (χ4n) is 1.79. The van der Waals surface area contributed by atoms with Crippen LogP contribution in [-0.2, 0) is 0 Å². The third-order valence-electron chi connectivity index (χ3n) is 2.85.